The molecule has 0 spiro atoms. The monoisotopic (exact) mass is 373 g/mol. The van der Waals surface area contributed by atoms with Gasteiger partial charge in [-0.3, -0.25) is 4.79 Å². The molecule has 136 valence electrons. The number of nitrogens with zero attached hydrogens (tertiary/aromatic N) is 3. The molecule has 0 aliphatic heterocycles. The summed E-state index contributed by atoms with van der Waals surface area (Å²) in [7, 11) is 0. The highest BCUT2D eigenvalue weighted by atomic mass is 32.1. The van der Waals surface area contributed by atoms with Crippen LogP contribution < -0.4 is 0 Å². The van der Waals surface area contributed by atoms with E-state index < -0.39 is 12.1 Å². The van der Waals surface area contributed by atoms with Crippen LogP contribution in [0.25, 0.3) is 10.7 Å². The Balaban J connectivity index is 1.74. The van der Waals surface area contributed by atoms with E-state index in [0.717, 1.165) is 24.1 Å². The first kappa shape index (κ1) is 17.9. The number of aromatic nitrogens is 2. The first-order valence-corrected chi connectivity index (χ1v) is 8.88. The lowest BCUT2D eigenvalue weighted by atomic mass is 9.84. The van der Waals surface area contributed by atoms with Gasteiger partial charge in [-0.05, 0) is 38.8 Å². The lowest BCUT2D eigenvalue weighted by Crippen LogP contribution is -2.42. The highest BCUT2D eigenvalue weighted by Gasteiger charge is 2.38. The molecule has 0 N–H and O–H groups in total. The Morgan fingerprint density at radius 2 is 2.12 bits per heavy atom. The van der Waals surface area contributed by atoms with E-state index in [1.165, 1.54) is 11.3 Å². The topological polar surface area (TPSA) is 59.2 Å². The Morgan fingerprint density at radius 3 is 2.64 bits per heavy atom. The number of halogens is 3. The minimum atomic E-state index is -4.66. The zero-order valence-corrected chi connectivity index (χ0v) is 14.7. The van der Waals surface area contributed by atoms with Gasteiger partial charge in [0.1, 0.15) is 0 Å². The van der Waals surface area contributed by atoms with E-state index in [2.05, 4.69) is 14.7 Å². The van der Waals surface area contributed by atoms with Gasteiger partial charge in [0.25, 0.3) is 0 Å². The molecule has 2 aromatic rings. The van der Waals surface area contributed by atoms with Crippen LogP contribution in [0.3, 0.4) is 0 Å². The van der Waals surface area contributed by atoms with E-state index in [0.29, 0.717) is 11.4 Å². The lowest BCUT2D eigenvalue weighted by molar-refractivity contribution is -0.159. The second-order valence-electron chi connectivity index (χ2n) is 6.37. The molecule has 1 aliphatic rings. The maximum atomic E-state index is 12.5. The Kier molecular flexibility index (Phi) is 4.86. The predicted octanol–water partition coefficient (Wildman–Crippen LogP) is 4.35. The first-order valence-electron chi connectivity index (χ1n) is 8.06. The van der Waals surface area contributed by atoms with Crippen LogP contribution in [0.2, 0.25) is 0 Å². The number of hydrogen-bond donors (Lipinski definition) is 0. The molecule has 1 fully saturated rings. The van der Waals surface area contributed by atoms with Gasteiger partial charge in [0.2, 0.25) is 11.7 Å². The summed E-state index contributed by atoms with van der Waals surface area (Å²) in [5.41, 5.74) is 0. The van der Waals surface area contributed by atoms with E-state index in [-0.39, 0.29) is 23.7 Å². The van der Waals surface area contributed by atoms with Gasteiger partial charge in [-0.2, -0.15) is 18.2 Å². The summed E-state index contributed by atoms with van der Waals surface area (Å²) < 4.78 is 41.9. The van der Waals surface area contributed by atoms with Gasteiger partial charge in [-0.1, -0.05) is 11.6 Å². The molecule has 1 amide bonds. The predicted molar refractivity (Wildman–Crippen MR) is 85.6 cm³/mol. The summed E-state index contributed by atoms with van der Waals surface area (Å²) in [6, 6.07) is 3.49. The molecule has 2 aromatic heterocycles. The maximum Gasteiger partial charge on any atom is 0.471 e. The summed E-state index contributed by atoms with van der Waals surface area (Å²) in [4.78, 5) is 19.1. The summed E-state index contributed by atoms with van der Waals surface area (Å²) in [6.07, 6.45) is -1.71. The van der Waals surface area contributed by atoms with Crippen molar-refractivity contribution in [2.45, 2.75) is 51.9 Å². The van der Waals surface area contributed by atoms with E-state index >= 15 is 0 Å². The molecule has 0 aromatic carbocycles. The van der Waals surface area contributed by atoms with Gasteiger partial charge in [-0.15, -0.1) is 11.3 Å². The zero-order valence-electron chi connectivity index (χ0n) is 13.8. The van der Waals surface area contributed by atoms with Crippen LogP contribution >= 0.6 is 11.3 Å². The Morgan fingerprint density at radius 1 is 1.40 bits per heavy atom. The minimum absolute atomic E-state index is 0.0562. The molecule has 9 heteroatoms. The van der Waals surface area contributed by atoms with Gasteiger partial charge >= 0.3 is 12.1 Å². The van der Waals surface area contributed by atoms with Crippen molar-refractivity contribution in [2.75, 3.05) is 0 Å². The Bertz CT molecular complexity index is 750. The molecule has 1 aliphatic carbocycles. The highest BCUT2D eigenvalue weighted by molar-refractivity contribution is 7.15. The fraction of sp³-hybridized carbons (Fsp3) is 0.562. The number of amides is 1. The smallest absolute Gasteiger partial charge is 0.335 e. The largest absolute Gasteiger partial charge is 0.471 e. The molecular formula is C16H18F3N3O2S. The van der Waals surface area contributed by atoms with Crippen LogP contribution in [-0.2, 0) is 17.5 Å². The molecule has 0 saturated heterocycles. The van der Waals surface area contributed by atoms with Gasteiger partial charge in [0, 0.05) is 16.8 Å². The molecule has 0 unspecified atom stereocenters. The van der Waals surface area contributed by atoms with Gasteiger partial charge < -0.3 is 9.42 Å². The Hall–Kier alpha value is -1.90. The van der Waals surface area contributed by atoms with Crippen LogP contribution in [0, 0.1) is 5.92 Å². The number of rotatable bonds is 5. The van der Waals surface area contributed by atoms with Crippen molar-refractivity contribution < 1.29 is 22.5 Å². The van der Waals surface area contributed by atoms with Crippen LogP contribution in [-0.4, -0.2) is 27.0 Å². The van der Waals surface area contributed by atoms with Crippen LogP contribution in [0.15, 0.2) is 16.7 Å². The summed E-state index contributed by atoms with van der Waals surface area (Å²) in [6.45, 7) is 4.35. The molecule has 0 bridgehead atoms. The van der Waals surface area contributed by atoms with Crippen molar-refractivity contribution in [3.63, 3.8) is 0 Å². The standard InChI is InChI=1S/C16H18F3N3O2S/c1-9(2)22(14(23)10-4-3-5-10)8-11-6-7-12(25-11)13-20-15(24-21-13)16(17,18)19/h6-7,9-10H,3-5,8H2,1-2H3. The molecule has 0 radical (unpaired) electrons. The minimum Gasteiger partial charge on any atom is -0.335 e. The molecular weight excluding hydrogens is 355 g/mol. The second kappa shape index (κ2) is 6.78. The molecule has 0 atom stereocenters. The average molecular weight is 373 g/mol. The fourth-order valence-corrected chi connectivity index (χ4v) is 3.53. The number of hydrogen-bond acceptors (Lipinski definition) is 5. The molecule has 25 heavy (non-hydrogen) atoms. The quantitative estimate of drug-likeness (QED) is 0.782. The maximum absolute atomic E-state index is 12.5. The van der Waals surface area contributed by atoms with Gasteiger partial charge in [-0.25, -0.2) is 0 Å². The average Bonchev–Trinajstić information content (AvgIpc) is 3.10. The number of alkyl halides is 3. The second-order valence-corrected chi connectivity index (χ2v) is 7.54. The Labute approximate surface area is 146 Å². The molecule has 5 nitrogen and oxygen atoms in total. The third-order valence-electron chi connectivity index (χ3n) is 4.24. The van der Waals surface area contributed by atoms with Gasteiger partial charge in [0.15, 0.2) is 0 Å². The van der Waals surface area contributed by atoms with Crippen LogP contribution in [0.5, 0.6) is 0 Å². The number of carbonyl (C=O) groups is 1. The number of carbonyl (C=O) groups excluding carboxylic acids is 1. The lowest BCUT2D eigenvalue weighted by Gasteiger charge is -2.34. The third kappa shape index (κ3) is 3.86. The van der Waals surface area contributed by atoms with Crippen LogP contribution in [0.1, 0.15) is 43.9 Å². The van der Waals surface area contributed by atoms with E-state index in [9.17, 15) is 18.0 Å². The number of thiophene rings is 1. The van der Waals surface area contributed by atoms with Crippen molar-refractivity contribution in [3.8, 4) is 10.7 Å². The third-order valence-corrected chi connectivity index (χ3v) is 5.30. The van der Waals surface area contributed by atoms with Crippen molar-refractivity contribution in [1.82, 2.24) is 15.0 Å². The van der Waals surface area contributed by atoms with E-state index in [1.807, 2.05) is 18.7 Å². The molecule has 2 heterocycles. The van der Waals surface area contributed by atoms with Crippen molar-refractivity contribution >= 4 is 17.2 Å². The summed E-state index contributed by atoms with van der Waals surface area (Å²) in [5.74, 6) is -1.20. The highest BCUT2D eigenvalue weighted by Crippen LogP contribution is 2.33. The van der Waals surface area contributed by atoms with Crippen molar-refractivity contribution in [1.29, 1.82) is 0 Å². The molecule has 3 rings (SSSR count). The summed E-state index contributed by atoms with van der Waals surface area (Å²) in [5, 5.41) is 3.39. The van der Waals surface area contributed by atoms with Gasteiger partial charge in [0.05, 0.1) is 11.4 Å². The van der Waals surface area contributed by atoms with E-state index in [1.54, 1.807) is 12.1 Å². The SMILES string of the molecule is CC(C)N(Cc1ccc(-c2noc(C(F)(F)F)n2)s1)C(=O)C1CCC1. The summed E-state index contributed by atoms with van der Waals surface area (Å²) >= 11 is 1.26. The van der Waals surface area contributed by atoms with Crippen LogP contribution in [0.4, 0.5) is 13.2 Å². The molecule has 1 saturated carbocycles. The first-order chi connectivity index (χ1) is 11.8. The van der Waals surface area contributed by atoms with Crippen molar-refractivity contribution in [3.05, 3.63) is 22.9 Å². The van der Waals surface area contributed by atoms with Crippen molar-refractivity contribution in [2.24, 2.45) is 5.92 Å². The van der Waals surface area contributed by atoms with E-state index in [4.69, 9.17) is 0 Å². The zero-order chi connectivity index (χ0) is 18.2. The fourth-order valence-electron chi connectivity index (χ4n) is 2.59. The normalized spacial score (nSPS) is 15.4.